The van der Waals surface area contributed by atoms with E-state index in [2.05, 4.69) is 10.3 Å². The zero-order valence-corrected chi connectivity index (χ0v) is 10.4. The largest absolute Gasteiger partial charge is 0.434 e. The predicted octanol–water partition coefficient (Wildman–Crippen LogP) is 3.14. The molecule has 1 aromatic rings. The third kappa shape index (κ3) is 2.47. The van der Waals surface area contributed by atoms with Crippen LogP contribution < -0.4 is 5.32 Å². The number of anilines is 1. The Morgan fingerprint density at radius 3 is 2.72 bits per heavy atom. The van der Waals surface area contributed by atoms with E-state index in [0.29, 0.717) is 17.7 Å². The first-order valence-corrected chi connectivity index (χ1v) is 6.83. The minimum Gasteiger partial charge on any atom is -0.376 e. The van der Waals surface area contributed by atoms with Crippen molar-refractivity contribution in [1.82, 2.24) is 4.98 Å². The number of hydrogen-bond donors (Lipinski definition) is 1. The number of halogens is 3. The minimum atomic E-state index is -4.36. The van der Waals surface area contributed by atoms with Crippen molar-refractivity contribution in [3.8, 4) is 0 Å². The third-order valence-corrected chi connectivity index (χ3v) is 4.10. The van der Waals surface area contributed by atoms with Crippen LogP contribution in [-0.4, -0.2) is 23.7 Å². The van der Waals surface area contributed by atoms with Crippen LogP contribution >= 0.6 is 11.3 Å². The zero-order chi connectivity index (χ0) is 12.8. The summed E-state index contributed by atoms with van der Waals surface area (Å²) < 4.78 is 42.9. The number of ether oxygens (including phenoxy) is 1. The molecule has 2 heterocycles. The average Bonchev–Trinajstić information content (AvgIpc) is 2.85. The highest BCUT2D eigenvalue weighted by Gasteiger charge is 2.41. The summed E-state index contributed by atoms with van der Waals surface area (Å²) in [4.78, 5) is 3.59. The van der Waals surface area contributed by atoms with Crippen LogP contribution in [0.15, 0.2) is 5.38 Å². The maximum atomic E-state index is 12.4. The molecule has 1 saturated carbocycles. The molecule has 0 aromatic carbocycles. The van der Waals surface area contributed by atoms with Gasteiger partial charge in [-0.2, -0.15) is 13.2 Å². The molecule has 1 aliphatic carbocycles. The van der Waals surface area contributed by atoms with Crippen molar-refractivity contribution in [2.45, 2.75) is 37.6 Å². The van der Waals surface area contributed by atoms with E-state index < -0.39 is 11.9 Å². The normalized spacial score (nSPS) is 28.6. The highest BCUT2D eigenvalue weighted by atomic mass is 32.1. The highest BCUT2D eigenvalue weighted by Crippen LogP contribution is 2.40. The zero-order valence-electron chi connectivity index (χ0n) is 9.54. The highest BCUT2D eigenvalue weighted by molar-refractivity contribution is 7.13. The Kier molecular flexibility index (Phi) is 2.97. The van der Waals surface area contributed by atoms with Crippen molar-refractivity contribution in [1.29, 1.82) is 0 Å². The second kappa shape index (κ2) is 4.38. The molecule has 3 rings (SSSR count). The number of nitrogens with zero attached hydrogens (tertiary/aromatic N) is 1. The van der Waals surface area contributed by atoms with Crippen LogP contribution in [0.2, 0.25) is 0 Å². The Labute approximate surface area is 106 Å². The molecule has 1 saturated heterocycles. The van der Waals surface area contributed by atoms with Crippen molar-refractivity contribution in [3.63, 3.8) is 0 Å². The molecule has 1 aliphatic heterocycles. The lowest BCUT2D eigenvalue weighted by Gasteiger charge is -2.18. The van der Waals surface area contributed by atoms with E-state index in [1.54, 1.807) is 0 Å². The first-order valence-electron chi connectivity index (χ1n) is 5.95. The summed E-state index contributed by atoms with van der Waals surface area (Å²) in [6.07, 6.45) is -1.06. The van der Waals surface area contributed by atoms with E-state index in [-0.39, 0.29) is 12.1 Å². The second-order valence-corrected chi connectivity index (χ2v) is 5.61. The fourth-order valence-corrected chi connectivity index (χ4v) is 3.06. The molecular weight excluding hydrogens is 265 g/mol. The fourth-order valence-electron chi connectivity index (χ4n) is 2.28. The van der Waals surface area contributed by atoms with E-state index in [1.165, 1.54) is 0 Å². The van der Waals surface area contributed by atoms with Gasteiger partial charge in [-0.15, -0.1) is 11.3 Å². The molecule has 1 aromatic heterocycles. The Hall–Kier alpha value is -0.820. The third-order valence-electron chi connectivity index (χ3n) is 3.33. The van der Waals surface area contributed by atoms with E-state index in [0.717, 1.165) is 36.0 Å². The average molecular weight is 278 g/mol. The molecule has 100 valence electrons. The van der Waals surface area contributed by atoms with Crippen LogP contribution in [0.3, 0.4) is 0 Å². The van der Waals surface area contributed by atoms with Gasteiger partial charge in [-0.25, -0.2) is 4.98 Å². The van der Waals surface area contributed by atoms with Crippen LogP contribution in [0.1, 0.15) is 25.0 Å². The quantitative estimate of drug-likeness (QED) is 0.922. The van der Waals surface area contributed by atoms with Crippen molar-refractivity contribution in [2.24, 2.45) is 5.92 Å². The molecule has 7 heteroatoms. The Morgan fingerprint density at radius 1 is 1.33 bits per heavy atom. The summed E-state index contributed by atoms with van der Waals surface area (Å²) >= 11 is 1.000. The smallest absolute Gasteiger partial charge is 0.376 e. The van der Waals surface area contributed by atoms with Crippen molar-refractivity contribution in [3.05, 3.63) is 11.1 Å². The van der Waals surface area contributed by atoms with Gasteiger partial charge in [0.2, 0.25) is 0 Å². The second-order valence-electron chi connectivity index (χ2n) is 4.75. The van der Waals surface area contributed by atoms with Crippen LogP contribution in [0.4, 0.5) is 18.3 Å². The lowest BCUT2D eigenvalue weighted by molar-refractivity contribution is -0.140. The van der Waals surface area contributed by atoms with Gasteiger partial charge in [-0.3, -0.25) is 0 Å². The van der Waals surface area contributed by atoms with Crippen molar-refractivity contribution >= 4 is 16.5 Å². The van der Waals surface area contributed by atoms with Gasteiger partial charge in [0.25, 0.3) is 0 Å². The van der Waals surface area contributed by atoms with E-state index >= 15 is 0 Å². The summed E-state index contributed by atoms with van der Waals surface area (Å²) in [6.45, 7) is 0.677. The molecule has 0 radical (unpaired) electrons. The minimum absolute atomic E-state index is 0.102. The fraction of sp³-hybridized carbons (Fsp3) is 0.727. The van der Waals surface area contributed by atoms with Gasteiger partial charge < -0.3 is 10.1 Å². The molecule has 0 unspecified atom stereocenters. The van der Waals surface area contributed by atoms with Crippen LogP contribution in [0, 0.1) is 5.92 Å². The van der Waals surface area contributed by atoms with Gasteiger partial charge in [0.05, 0.1) is 12.1 Å². The SMILES string of the molecule is FC(F)(F)c1csc(N[C@H]2CCO[C@@H]2C2CC2)n1. The molecule has 2 fully saturated rings. The summed E-state index contributed by atoms with van der Waals surface area (Å²) in [5.41, 5.74) is -0.822. The molecule has 0 bridgehead atoms. The Bertz CT molecular complexity index is 430. The number of nitrogens with one attached hydrogen (secondary N) is 1. The molecule has 1 N–H and O–H groups in total. The molecule has 2 atom stereocenters. The number of thiazole rings is 1. The lowest BCUT2D eigenvalue weighted by atomic mass is 10.1. The molecule has 0 spiro atoms. The van der Waals surface area contributed by atoms with Gasteiger partial charge in [0, 0.05) is 12.0 Å². The maximum Gasteiger partial charge on any atom is 0.434 e. The summed E-state index contributed by atoms with van der Waals surface area (Å²) in [5, 5.41) is 4.47. The van der Waals surface area contributed by atoms with Gasteiger partial charge in [0.1, 0.15) is 0 Å². The van der Waals surface area contributed by atoms with E-state index in [9.17, 15) is 13.2 Å². The first kappa shape index (κ1) is 12.2. The predicted molar refractivity (Wildman–Crippen MR) is 61.6 cm³/mol. The van der Waals surface area contributed by atoms with Crippen LogP contribution in [0.5, 0.6) is 0 Å². The molecular formula is C11H13F3N2OS. The van der Waals surface area contributed by atoms with E-state index in [4.69, 9.17) is 4.74 Å². The number of aromatic nitrogens is 1. The van der Waals surface area contributed by atoms with Gasteiger partial charge in [-0.1, -0.05) is 0 Å². The summed E-state index contributed by atoms with van der Waals surface area (Å²) in [6, 6.07) is 0.102. The van der Waals surface area contributed by atoms with Gasteiger partial charge in [0.15, 0.2) is 10.8 Å². The summed E-state index contributed by atoms with van der Waals surface area (Å²) in [5.74, 6) is 0.576. The monoisotopic (exact) mass is 278 g/mol. The number of alkyl halides is 3. The van der Waals surface area contributed by atoms with Gasteiger partial charge >= 0.3 is 6.18 Å². The number of rotatable bonds is 3. The van der Waals surface area contributed by atoms with Crippen LogP contribution in [-0.2, 0) is 10.9 Å². The maximum absolute atomic E-state index is 12.4. The molecule has 3 nitrogen and oxygen atoms in total. The van der Waals surface area contributed by atoms with Crippen LogP contribution in [0.25, 0.3) is 0 Å². The molecule has 18 heavy (non-hydrogen) atoms. The topological polar surface area (TPSA) is 34.1 Å². The van der Waals surface area contributed by atoms with Crippen molar-refractivity contribution in [2.75, 3.05) is 11.9 Å². The van der Waals surface area contributed by atoms with Crippen molar-refractivity contribution < 1.29 is 17.9 Å². The lowest BCUT2D eigenvalue weighted by Crippen LogP contribution is -2.30. The Morgan fingerprint density at radius 2 is 2.11 bits per heavy atom. The Balaban J connectivity index is 1.67. The first-order chi connectivity index (χ1) is 8.54. The molecule has 0 amide bonds. The standard InChI is InChI=1S/C11H13F3N2OS/c12-11(13,14)8-5-18-10(16-8)15-7-3-4-17-9(7)6-1-2-6/h5-7,9H,1-4H2,(H,15,16)/t7-,9+/m0/s1. The number of hydrogen-bond acceptors (Lipinski definition) is 4. The van der Waals surface area contributed by atoms with E-state index in [1.807, 2.05) is 0 Å². The summed E-state index contributed by atoms with van der Waals surface area (Å²) in [7, 11) is 0. The molecule has 2 aliphatic rings. The van der Waals surface area contributed by atoms with Gasteiger partial charge in [-0.05, 0) is 25.2 Å².